The van der Waals surface area contributed by atoms with Gasteiger partial charge in [0.15, 0.2) is 0 Å². The predicted molar refractivity (Wildman–Crippen MR) is 57.6 cm³/mol. The Morgan fingerprint density at radius 1 is 1.38 bits per heavy atom. The molecule has 1 rings (SSSR count). The van der Waals surface area contributed by atoms with E-state index >= 15 is 0 Å². The first-order valence-electron chi connectivity index (χ1n) is 4.68. The molecule has 1 aromatic carbocycles. The van der Waals surface area contributed by atoms with Crippen LogP contribution in [0.3, 0.4) is 0 Å². The van der Waals surface area contributed by atoms with Gasteiger partial charge in [-0.25, -0.2) is 17.2 Å². The van der Waals surface area contributed by atoms with E-state index in [4.69, 9.17) is 5.73 Å². The summed E-state index contributed by atoms with van der Waals surface area (Å²) in [6, 6.07) is 2.32. The lowest BCUT2D eigenvalue weighted by molar-refractivity contribution is 0.547. The van der Waals surface area contributed by atoms with Crippen LogP contribution in [0.15, 0.2) is 18.2 Å². The van der Waals surface area contributed by atoms with Crippen molar-refractivity contribution in [2.24, 2.45) is 5.73 Å². The van der Waals surface area contributed by atoms with E-state index in [0.29, 0.717) is 0 Å². The first-order chi connectivity index (χ1) is 7.29. The van der Waals surface area contributed by atoms with Crippen LogP contribution in [0.5, 0.6) is 0 Å². The van der Waals surface area contributed by atoms with Gasteiger partial charge in [-0.05, 0) is 12.5 Å². The molecule has 2 N–H and O–H groups in total. The van der Waals surface area contributed by atoms with Crippen molar-refractivity contribution in [2.75, 3.05) is 12.0 Å². The van der Waals surface area contributed by atoms with Crippen molar-refractivity contribution in [3.63, 3.8) is 0 Å². The monoisotopic (exact) mass is 249 g/mol. The van der Waals surface area contributed by atoms with Crippen molar-refractivity contribution in [1.82, 2.24) is 0 Å². The fourth-order valence-electron chi connectivity index (χ4n) is 1.30. The average molecular weight is 249 g/mol. The van der Waals surface area contributed by atoms with Crippen molar-refractivity contribution in [2.45, 2.75) is 12.5 Å². The molecule has 0 spiro atoms. The van der Waals surface area contributed by atoms with Crippen LogP contribution in [-0.4, -0.2) is 20.4 Å². The van der Waals surface area contributed by atoms with Gasteiger partial charge in [0.25, 0.3) is 0 Å². The molecule has 0 bridgehead atoms. The lowest BCUT2D eigenvalue weighted by atomic mass is 10.1. The molecule has 0 radical (unpaired) electrons. The molecule has 1 aromatic rings. The topological polar surface area (TPSA) is 60.2 Å². The van der Waals surface area contributed by atoms with Crippen LogP contribution in [0, 0.1) is 11.6 Å². The zero-order valence-electron chi connectivity index (χ0n) is 8.78. The van der Waals surface area contributed by atoms with Crippen LogP contribution >= 0.6 is 0 Å². The predicted octanol–water partition coefficient (Wildman–Crippen LogP) is 1.40. The molecule has 3 nitrogen and oxygen atoms in total. The van der Waals surface area contributed by atoms with Crippen LogP contribution in [0.2, 0.25) is 0 Å². The number of benzene rings is 1. The average Bonchev–Trinajstić information content (AvgIpc) is 2.13. The van der Waals surface area contributed by atoms with Gasteiger partial charge in [-0.1, -0.05) is 6.07 Å². The molecule has 6 heteroatoms. The zero-order valence-corrected chi connectivity index (χ0v) is 9.60. The third-order valence-corrected chi connectivity index (χ3v) is 3.14. The van der Waals surface area contributed by atoms with Gasteiger partial charge in [0.05, 0.1) is 5.75 Å². The maximum atomic E-state index is 13.3. The van der Waals surface area contributed by atoms with Crippen LogP contribution in [0.25, 0.3) is 0 Å². The number of rotatable bonds is 4. The van der Waals surface area contributed by atoms with E-state index in [2.05, 4.69) is 0 Å². The Kier molecular flexibility index (Phi) is 3.98. The maximum Gasteiger partial charge on any atom is 0.147 e. The van der Waals surface area contributed by atoms with E-state index < -0.39 is 27.5 Å². The van der Waals surface area contributed by atoms with Gasteiger partial charge in [0, 0.05) is 23.9 Å². The SMILES string of the molecule is CS(=O)(=O)CCC(N)c1ccc(F)cc1F. The lowest BCUT2D eigenvalue weighted by Crippen LogP contribution is -2.17. The first kappa shape index (κ1) is 13.1. The number of nitrogens with two attached hydrogens (primary N) is 1. The molecule has 1 atom stereocenters. The molecular weight excluding hydrogens is 236 g/mol. The normalized spacial score (nSPS) is 13.8. The summed E-state index contributed by atoms with van der Waals surface area (Å²) in [5.41, 5.74) is 5.76. The summed E-state index contributed by atoms with van der Waals surface area (Å²) in [6.07, 6.45) is 1.20. The molecule has 0 aliphatic carbocycles. The van der Waals surface area contributed by atoms with Gasteiger partial charge in [0.2, 0.25) is 0 Å². The Bertz CT molecular complexity index is 474. The highest BCUT2D eigenvalue weighted by Gasteiger charge is 2.14. The molecule has 0 saturated heterocycles. The summed E-state index contributed by atoms with van der Waals surface area (Å²) < 4.78 is 47.7. The van der Waals surface area contributed by atoms with Crippen LogP contribution < -0.4 is 5.73 Å². The Morgan fingerprint density at radius 3 is 2.50 bits per heavy atom. The van der Waals surface area contributed by atoms with E-state index in [1.54, 1.807) is 0 Å². The summed E-state index contributed by atoms with van der Waals surface area (Å²) in [4.78, 5) is 0. The molecule has 0 aromatic heterocycles. The summed E-state index contributed by atoms with van der Waals surface area (Å²) in [6.45, 7) is 0. The maximum absolute atomic E-state index is 13.3. The molecule has 0 fully saturated rings. The third-order valence-electron chi connectivity index (χ3n) is 2.16. The van der Waals surface area contributed by atoms with Crippen LogP contribution in [-0.2, 0) is 9.84 Å². The molecule has 16 heavy (non-hydrogen) atoms. The Hall–Kier alpha value is -1.01. The van der Waals surface area contributed by atoms with E-state index in [1.807, 2.05) is 0 Å². The van der Waals surface area contributed by atoms with Gasteiger partial charge in [0.1, 0.15) is 21.5 Å². The van der Waals surface area contributed by atoms with Crippen LogP contribution in [0.1, 0.15) is 18.0 Å². The highest BCUT2D eigenvalue weighted by Crippen LogP contribution is 2.19. The smallest absolute Gasteiger partial charge is 0.147 e. The minimum absolute atomic E-state index is 0.112. The van der Waals surface area contributed by atoms with Gasteiger partial charge in [-0.15, -0.1) is 0 Å². The van der Waals surface area contributed by atoms with Crippen molar-refractivity contribution >= 4 is 9.84 Å². The minimum atomic E-state index is -3.12. The third kappa shape index (κ3) is 3.86. The Balaban J connectivity index is 2.77. The second kappa shape index (κ2) is 4.88. The fourth-order valence-corrected chi connectivity index (χ4v) is 1.98. The number of halogens is 2. The van der Waals surface area contributed by atoms with Gasteiger partial charge in [-0.3, -0.25) is 0 Å². The number of sulfone groups is 1. The largest absolute Gasteiger partial charge is 0.324 e. The number of hydrogen-bond acceptors (Lipinski definition) is 3. The summed E-state index contributed by atoms with van der Waals surface area (Å²) in [5.74, 6) is -1.55. The molecule has 0 aliphatic rings. The Labute approximate surface area is 93.2 Å². The molecule has 1 unspecified atom stereocenters. The van der Waals surface area contributed by atoms with Crippen molar-refractivity contribution in [1.29, 1.82) is 0 Å². The molecule has 0 amide bonds. The second-order valence-electron chi connectivity index (χ2n) is 3.69. The highest BCUT2D eigenvalue weighted by atomic mass is 32.2. The van der Waals surface area contributed by atoms with Gasteiger partial charge < -0.3 is 5.73 Å². The lowest BCUT2D eigenvalue weighted by Gasteiger charge is -2.12. The standard InChI is InChI=1S/C10H13F2NO2S/c1-16(14,15)5-4-10(13)8-3-2-7(11)6-9(8)12/h2-3,6,10H,4-5,13H2,1H3. The molecule has 0 saturated carbocycles. The zero-order chi connectivity index (χ0) is 12.3. The minimum Gasteiger partial charge on any atom is -0.324 e. The van der Waals surface area contributed by atoms with E-state index in [0.717, 1.165) is 18.4 Å². The quantitative estimate of drug-likeness (QED) is 0.877. The first-order valence-corrected chi connectivity index (χ1v) is 6.74. The molecule has 0 aliphatic heterocycles. The van der Waals surface area contributed by atoms with E-state index in [-0.39, 0.29) is 17.7 Å². The van der Waals surface area contributed by atoms with Gasteiger partial charge in [-0.2, -0.15) is 0 Å². The van der Waals surface area contributed by atoms with E-state index in [1.165, 1.54) is 6.07 Å². The van der Waals surface area contributed by atoms with Crippen molar-refractivity contribution < 1.29 is 17.2 Å². The number of hydrogen-bond donors (Lipinski definition) is 1. The van der Waals surface area contributed by atoms with Crippen LogP contribution in [0.4, 0.5) is 8.78 Å². The molecular formula is C10H13F2NO2S. The fraction of sp³-hybridized carbons (Fsp3) is 0.400. The summed E-state index contributed by atoms with van der Waals surface area (Å²) in [5, 5.41) is 0. The highest BCUT2D eigenvalue weighted by molar-refractivity contribution is 7.90. The second-order valence-corrected chi connectivity index (χ2v) is 5.95. The summed E-state index contributed by atoms with van der Waals surface area (Å²) in [7, 11) is -3.12. The molecule has 90 valence electrons. The van der Waals surface area contributed by atoms with Crippen molar-refractivity contribution in [3.8, 4) is 0 Å². The van der Waals surface area contributed by atoms with Crippen molar-refractivity contribution in [3.05, 3.63) is 35.4 Å². The Morgan fingerprint density at radius 2 is 2.00 bits per heavy atom. The summed E-state index contributed by atoms with van der Waals surface area (Å²) >= 11 is 0. The van der Waals surface area contributed by atoms with Gasteiger partial charge >= 0.3 is 0 Å². The van der Waals surface area contributed by atoms with E-state index in [9.17, 15) is 17.2 Å². The molecule has 0 heterocycles.